The molecule has 1 rings (SSSR count). The van der Waals surface area contributed by atoms with Gasteiger partial charge in [0.15, 0.2) is 0 Å². The molecule has 1 aromatic rings. The summed E-state index contributed by atoms with van der Waals surface area (Å²) in [6.07, 6.45) is 2.48. The van der Waals surface area contributed by atoms with Crippen molar-refractivity contribution in [3.05, 3.63) is 22.4 Å². The van der Waals surface area contributed by atoms with Crippen molar-refractivity contribution in [2.24, 2.45) is 0 Å². The van der Waals surface area contributed by atoms with Crippen molar-refractivity contribution >= 4 is 11.3 Å². The molecular weight excluding hydrogens is 152 g/mol. The average molecular weight is 168 g/mol. The molecule has 0 nitrogen and oxygen atoms in total. The normalized spacial score (nSPS) is 11.9. The minimum atomic E-state index is 0.425. The minimum absolute atomic E-state index is 0.425. The van der Waals surface area contributed by atoms with Crippen LogP contribution >= 0.6 is 11.3 Å². The van der Waals surface area contributed by atoms with Gasteiger partial charge < -0.3 is 0 Å². The van der Waals surface area contributed by atoms with E-state index in [1.165, 1.54) is 17.7 Å². The van der Waals surface area contributed by atoms with Crippen LogP contribution in [0.15, 0.2) is 17.5 Å². The van der Waals surface area contributed by atoms with E-state index < -0.39 is 0 Å². The maximum atomic E-state index is 2.35. The lowest BCUT2D eigenvalue weighted by atomic mass is 9.83. The zero-order valence-corrected chi connectivity index (χ0v) is 8.37. The fourth-order valence-electron chi connectivity index (χ4n) is 1.22. The van der Waals surface area contributed by atoms with Gasteiger partial charge in [-0.05, 0) is 24.3 Å². The van der Waals surface area contributed by atoms with E-state index in [-0.39, 0.29) is 0 Å². The molecule has 0 N–H and O–H groups in total. The van der Waals surface area contributed by atoms with Crippen LogP contribution < -0.4 is 0 Å². The molecule has 0 saturated carbocycles. The first kappa shape index (κ1) is 8.79. The highest BCUT2D eigenvalue weighted by Crippen LogP contribution is 2.33. The van der Waals surface area contributed by atoms with Crippen molar-refractivity contribution < 1.29 is 0 Å². The van der Waals surface area contributed by atoms with Gasteiger partial charge in [0.2, 0.25) is 0 Å². The molecule has 0 aliphatic heterocycles. The van der Waals surface area contributed by atoms with Crippen LogP contribution in [0.25, 0.3) is 0 Å². The number of rotatable bonds is 3. The van der Waals surface area contributed by atoms with Crippen LogP contribution in [0.2, 0.25) is 0 Å². The quantitative estimate of drug-likeness (QED) is 0.643. The number of thiophene rings is 1. The predicted molar refractivity (Wildman–Crippen MR) is 52.3 cm³/mol. The lowest BCUT2D eigenvalue weighted by molar-refractivity contribution is 0.448. The summed E-state index contributed by atoms with van der Waals surface area (Å²) in [5.74, 6) is 0. The first-order chi connectivity index (χ1) is 5.23. The molecule has 0 spiro atoms. The van der Waals surface area contributed by atoms with Crippen LogP contribution in [0.3, 0.4) is 0 Å². The molecule has 0 amide bonds. The smallest absolute Gasteiger partial charge is 0.0104 e. The summed E-state index contributed by atoms with van der Waals surface area (Å²) in [6.45, 7) is 6.88. The highest BCUT2D eigenvalue weighted by atomic mass is 32.1. The SMILES string of the molecule is CCC(C)(CC)c1cccs1. The van der Waals surface area contributed by atoms with Crippen molar-refractivity contribution in [2.45, 2.75) is 39.0 Å². The van der Waals surface area contributed by atoms with Crippen LogP contribution in [-0.2, 0) is 5.41 Å². The van der Waals surface area contributed by atoms with Crippen molar-refractivity contribution in [1.82, 2.24) is 0 Å². The molecule has 62 valence electrons. The van der Waals surface area contributed by atoms with Gasteiger partial charge in [-0.3, -0.25) is 0 Å². The second kappa shape index (κ2) is 3.40. The Morgan fingerprint density at radius 1 is 1.36 bits per heavy atom. The summed E-state index contributed by atoms with van der Waals surface area (Å²) in [4.78, 5) is 1.53. The molecule has 0 aliphatic carbocycles. The van der Waals surface area contributed by atoms with Gasteiger partial charge in [0.05, 0.1) is 0 Å². The molecule has 0 saturated heterocycles. The van der Waals surface area contributed by atoms with Crippen molar-refractivity contribution in [2.75, 3.05) is 0 Å². The van der Waals surface area contributed by atoms with Gasteiger partial charge in [0, 0.05) is 10.3 Å². The Balaban J connectivity index is 2.87. The Bertz CT molecular complexity index is 195. The van der Waals surface area contributed by atoms with Crippen LogP contribution in [0.4, 0.5) is 0 Å². The van der Waals surface area contributed by atoms with E-state index in [0.29, 0.717) is 5.41 Å². The fraction of sp³-hybridized carbons (Fsp3) is 0.600. The van der Waals surface area contributed by atoms with Gasteiger partial charge in [-0.25, -0.2) is 0 Å². The van der Waals surface area contributed by atoms with E-state index in [1.807, 2.05) is 11.3 Å². The van der Waals surface area contributed by atoms with Gasteiger partial charge in [-0.1, -0.05) is 26.8 Å². The topological polar surface area (TPSA) is 0 Å². The molecule has 1 aromatic heterocycles. The number of hydrogen-bond donors (Lipinski definition) is 0. The molecule has 0 unspecified atom stereocenters. The molecule has 0 aromatic carbocycles. The fourth-order valence-corrected chi connectivity index (χ4v) is 2.25. The predicted octanol–water partition coefficient (Wildman–Crippen LogP) is 3.83. The zero-order valence-electron chi connectivity index (χ0n) is 7.55. The Labute approximate surface area is 73.3 Å². The van der Waals surface area contributed by atoms with Gasteiger partial charge in [0.25, 0.3) is 0 Å². The minimum Gasteiger partial charge on any atom is -0.148 e. The maximum absolute atomic E-state index is 2.35. The standard InChI is InChI=1S/C10H16S/c1-4-10(3,5-2)9-7-6-8-11-9/h6-8H,4-5H2,1-3H3. The molecule has 1 heterocycles. The van der Waals surface area contributed by atoms with Gasteiger partial charge in [-0.15, -0.1) is 11.3 Å². The molecule has 0 bridgehead atoms. The Morgan fingerprint density at radius 2 is 2.00 bits per heavy atom. The third-order valence-corrected chi connectivity index (χ3v) is 3.85. The Morgan fingerprint density at radius 3 is 2.36 bits per heavy atom. The van der Waals surface area contributed by atoms with E-state index in [1.54, 1.807) is 0 Å². The first-order valence-electron chi connectivity index (χ1n) is 4.27. The zero-order chi connectivity index (χ0) is 8.32. The third-order valence-electron chi connectivity index (χ3n) is 2.68. The summed E-state index contributed by atoms with van der Waals surface area (Å²) in [7, 11) is 0. The number of hydrogen-bond acceptors (Lipinski definition) is 1. The summed E-state index contributed by atoms with van der Waals surface area (Å²) in [5, 5.41) is 2.17. The molecule has 1 heteroatoms. The largest absolute Gasteiger partial charge is 0.148 e. The summed E-state index contributed by atoms with van der Waals surface area (Å²) >= 11 is 1.88. The maximum Gasteiger partial charge on any atom is 0.0104 e. The van der Waals surface area contributed by atoms with Crippen LogP contribution in [0, 0.1) is 0 Å². The van der Waals surface area contributed by atoms with Crippen LogP contribution in [-0.4, -0.2) is 0 Å². The highest BCUT2D eigenvalue weighted by molar-refractivity contribution is 7.10. The molecule has 11 heavy (non-hydrogen) atoms. The second-order valence-electron chi connectivity index (χ2n) is 3.25. The summed E-state index contributed by atoms with van der Waals surface area (Å²) in [5.41, 5.74) is 0.425. The van der Waals surface area contributed by atoms with Crippen molar-refractivity contribution in [3.8, 4) is 0 Å². The summed E-state index contributed by atoms with van der Waals surface area (Å²) in [6, 6.07) is 4.39. The Hall–Kier alpha value is -0.300. The molecule has 0 aliphatic rings. The molecule has 0 atom stereocenters. The Kier molecular flexibility index (Phi) is 2.72. The highest BCUT2D eigenvalue weighted by Gasteiger charge is 2.22. The van der Waals surface area contributed by atoms with Crippen molar-refractivity contribution in [3.63, 3.8) is 0 Å². The van der Waals surface area contributed by atoms with Gasteiger partial charge >= 0.3 is 0 Å². The van der Waals surface area contributed by atoms with Crippen molar-refractivity contribution in [1.29, 1.82) is 0 Å². The van der Waals surface area contributed by atoms with E-state index in [2.05, 4.69) is 38.3 Å². The first-order valence-corrected chi connectivity index (χ1v) is 5.15. The second-order valence-corrected chi connectivity index (χ2v) is 4.19. The summed E-state index contributed by atoms with van der Waals surface area (Å²) < 4.78 is 0. The molecule has 0 radical (unpaired) electrons. The van der Waals surface area contributed by atoms with E-state index in [9.17, 15) is 0 Å². The molecule has 0 fully saturated rings. The van der Waals surface area contributed by atoms with Crippen LogP contribution in [0.5, 0.6) is 0 Å². The third kappa shape index (κ3) is 1.64. The lowest BCUT2D eigenvalue weighted by Gasteiger charge is -2.24. The van der Waals surface area contributed by atoms with E-state index in [4.69, 9.17) is 0 Å². The molecular formula is C10H16S. The van der Waals surface area contributed by atoms with Crippen LogP contribution in [0.1, 0.15) is 38.5 Å². The monoisotopic (exact) mass is 168 g/mol. The lowest BCUT2D eigenvalue weighted by Crippen LogP contribution is -2.17. The van der Waals surface area contributed by atoms with Gasteiger partial charge in [0.1, 0.15) is 0 Å². The van der Waals surface area contributed by atoms with E-state index in [0.717, 1.165) is 0 Å². The van der Waals surface area contributed by atoms with E-state index >= 15 is 0 Å². The average Bonchev–Trinajstić information content (AvgIpc) is 2.55. The van der Waals surface area contributed by atoms with Gasteiger partial charge in [-0.2, -0.15) is 0 Å².